The molecule has 2 heterocycles. The second-order valence-corrected chi connectivity index (χ2v) is 7.33. The Morgan fingerprint density at radius 2 is 1.89 bits per heavy atom. The molecule has 2 atom stereocenters. The summed E-state index contributed by atoms with van der Waals surface area (Å²) in [6.45, 7) is 1.81. The summed E-state index contributed by atoms with van der Waals surface area (Å²) in [6, 6.07) is -0.344. The van der Waals surface area contributed by atoms with Crippen LogP contribution in [0.15, 0.2) is 11.0 Å². The molecule has 1 saturated heterocycles. The molecule has 1 aliphatic carbocycles. The normalized spacial score (nSPS) is 22.6. The van der Waals surface area contributed by atoms with Gasteiger partial charge in [0, 0.05) is 18.3 Å². The van der Waals surface area contributed by atoms with E-state index in [4.69, 9.17) is 11.5 Å². The highest BCUT2D eigenvalue weighted by atomic mass is 19.1. The zero-order chi connectivity index (χ0) is 19.6. The van der Waals surface area contributed by atoms with Crippen molar-refractivity contribution >= 4 is 28.2 Å². The first-order valence-corrected chi connectivity index (χ1v) is 8.86. The monoisotopic (exact) mass is 378 g/mol. The Morgan fingerprint density at radius 1 is 1.22 bits per heavy atom. The molecule has 0 spiro atoms. The molecule has 0 bridgehead atoms. The number of aromatic carboxylic acids is 1. The third kappa shape index (κ3) is 2.48. The van der Waals surface area contributed by atoms with Gasteiger partial charge >= 0.3 is 5.97 Å². The summed E-state index contributed by atoms with van der Waals surface area (Å²) in [5.74, 6) is -3.47. The number of nitrogens with zero attached hydrogens (tertiary/aromatic N) is 2. The maximum absolute atomic E-state index is 15.6. The number of halogens is 2. The van der Waals surface area contributed by atoms with Crippen molar-refractivity contribution < 1.29 is 18.7 Å². The van der Waals surface area contributed by atoms with Crippen molar-refractivity contribution in [1.82, 2.24) is 4.57 Å². The molecule has 9 heteroatoms. The number of benzene rings is 1. The Labute approximate surface area is 153 Å². The van der Waals surface area contributed by atoms with Gasteiger partial charge in [0.15, 0.2) is 11.6 Å². The predicted octanol–water partition coefficient (Wildman–Crippen LogP) is 2.17. The summed E-state index contributed by atoms with van der Waals surface area (Å²) in [5.41, 5.74) is 9.33. The maximum Gasteiger partial charge on any atom is 0.341 e. The van der Waals surface area contributed by atoms with Crippen LogP contribution in [0.4, 0.5) is 20.2 Å². The molecule has 1 saturated carbocycles. The molecule has 5 N–H and O–H groups in total. The minimum atomic E-state index is -1.46. The van der Waals surface area contributed by atoms with Crippen LogP contribution in [0.25, 0.3) is 10.9 Å². The molecule has 2 fully saturated rings. The number of rotatable bonds is 3. The number of fused-ring (bicyclic) bond motifs is 1. The van der Waals surface area contributed by atoms with E-state index in [1.54, 1.807) is 0 Å². The van der Waals surface area contributed by atoms with E-state index in [1.165, 1.54) is 9.47 Å². The summed E-state index contributed by atoms with van der Waals surface area (Å²) in [7, 11) is 0. The van der Waals surface area contributed by atoms with Gasteiger partial charge in [-0.05, 0) is 32.6 Å². The van der Waals surface area contributed by atoms with E-state index in [2.05, 4.69) is 0 Å². The fourth-order valence-corrected chi connectivity index (χ4v) is 3.98. The van der Waals surface area contributed by atoms with Gasteiger partial charge in [-0.25, -0.2) is 13.6 Å². The number of pyridine rings is 1. The van der Waals surface area contributed by atoms with Crippen molar-refractivity contribution in [2.24, 2.45) is 5.73 Å². The molecule has 0 radical (unpaired) electrons. The van der Waals surface area contributed by atoms with Crippen LogP contribution in [0.5, 0.6) is 0 Å². The van der Waals surface area contributed by atoms with Gasteiger partial charge in [0.1, 0.15) is 11.3 Å². The highest BCUT2D eigenvalue weighted by Gasteiger charge is 2.37. The Hall–Kier alpha value is -2.68. The maximum atomic E-state index is 15.6. The molecule has 4 rings (SSSR count). The summed E-state index contributed by atoms with van der Waals surface area (Å²) in [5, 5.41) is 8.88. The van der Waals surface area contributed by atoms with Crippen LogP contribution in [-0.4, -0.2) is 27.9 Å². The molecule has 1 aromatic carbocycles. The van der Waals surface area contributed by atoms with Crippen LogP contribution >= 0.6 is 0 Å². The molecule has 2 unspecified atom stereocenters. The molecule has 144 valence electrons. The van der Waals surface area contributed by atoms with E-state index in [9.17, 15) is 14.7 Å². The summed E-state index contributed by atoms with van der Waals surface area (Å²) in [4.78, 5) is 25.5. The number of carbonyl (C=O) groups is 1. The number of nitrogens with two attached hydrogens (primary N) is 2. The molecule has 2 aliphatic rings. The Kier molecular flexibility index (Phi) is 3.88. The Balaban J connectivity index is 2.13. The lowest BCUT2D eigenvalue weighted by molar-refractivity contribution is 0.0695. The first-order chi connectivity index (χ1) is 12.7. The van der Waals surface area contributed by atoms with Gasteiger partial charge in [-0.2, -0.15) is 0 Å². The molecular formula is C18H20F2N4O3. The molecule has 7 nitrogen and oxygen atoms in total. The number of anilines is 2. The van der Waals surface area contributed by atoms with Crippen LogP contribution in [0.3, 0.4) is 0 Å². The van der Waals surface area contributed by atoms with Gasteiger partial charge in [-0.1, -0.05) is 0 Å². The molecule has 27 heavy (non-hydrogen) atoms. The van der Waals surface area contributed by atoms with Crippen LogP contribution < -0.4 is 21.8 Å². The van der Waals surface area contributed by atoms with Gasteiger partial charge in [-0.15, -0.1) is 0 Å². The van der Waals surface area contributed by atoms with E-state index in [-0.39, 0.29) is 23.3 Å². The number of hydrogen-bond donors (Lipinski definition) is 3. The predicted molar refractivity (Wildman–Crippen MR) is 96.9 cm³/mol. The van der Waals surface area contributed by atoms with E-state index < -0.39 is 45.8 Å². The van der Waals surface area contributed by atoms with Crippen molar-refractivity contribution in [2.45, 2.75) is 50.9 Å². The third-order valence-electron chi connectivity index (χ3n) is 5.51. The number of aromatic nitrogens is 1. The average molecular weight is 378 g/mol. The minimum Gasteiger partial charge on any atom is -0.477 e. The quantitative estimate of drug-likeness (QED) is 0.705. The summed E-state index contributed by atoms with van der Waals surface area (Å²) < 4.78 is 32.1. The zero-order valence-electron chi connectivity index (χ0n) is 14.7. The largest absolute Gasteiger partial charge is 0.477 e. The zero-order valence-corrected chi connectivity index (χ0v) is 14.7. The topological polar surface area (TPSA) is 115 Å². The Bertz CT molecular complexity index is 1020. The van der Waals surface area contributed by atoms with Crippen LogP contribution in [0, 0.1) is 11.6 Å². The van der Waals surface area contributed by atoms with Crippen LogP contribution in [0.1, 0.15) is 49.0 Å². The summed E-state index contributed by atoms with van der Waals surface area (Å²) in [6.07, 6.45) is 3.23. The highest BCUT2D eigenvalue weighted by molar-refractivity contribution is 5.99. The Morgan fingerprint density at radius 3 is 2.41 bits per heavy atom. The number of carboxylic acid groups (broad SMARTS) is 1. The van der Waals surface area contributed by atoms with Gasteiger partial charge in [0.05, 0.1) is 22.8 Å². The molecular weight excluding hydrogens is 358 g/mol. The molecule has 1 aromatic heterocycles. The number of hydrogen-bond acceptors (Lipinski definition) is 5. The van der Waals surface area contributed by atoms with Crippen molar-refractivity contribution in [2.75, 3.05) is 10.6 Å². The van der Waals surface area contributed by atoms with Crippen LogP contribution in [-0.2, 0) is 0 Å². The molecule has 1 aliphatic heterocycles. The fraction of sp³-hybridized carbons (Fsp3) is 0.444. The second-order valence-electron chi connectivity index (χ2n) is 7.33. The summed E-state index contributed by atoms with van der Waals surface area (Å²) >= 11 is 0. The SMILES string of the molecule is CC1CCC(N)N1c1c(F)c(N)c2c(=O)c(C(=O)O)cn(C3CC3)c2c1F. The van der Waals surface area contributed by atoms with Crippen LogP contribution in [0.2, 0.25) is 0 Å². The number of nitrogen functional groups attached to an aromatic ring is 1. The minimum absolute atomic E-state index is 0.150. The molecule has 2 aromatic rings. The van der Waals surface area contributed by atoms with Crippen molar-refractivity contribution in [3.05, 3.63) is 33.6 Å². The standard InChI is InChI=1S/C18H20F2N4O3/c1-7-2-5-10(21)24(7)16-12(19)14(22)11-15(13(16)20)23(8-3-4-8)6-9(17(11)25)18(26)27/h6-8,10H,2-5,21-22H2,1H3,(H,26,27). The third-order valence-corrected chi connectivity index (χ3v) is 5.51. The first-order valence-electron chi connectivity index (χ1n) is 8.86. The smallest absolute Gasteiger partial charge is 0.341 e. The van der Waals surface area contributed by atoms with Gasteiger partial charge < -0.3 is 26.0 Å². The van der Waals surface area contributed by atoms with Crippen molar-refractivity contribution in [3.63, 3.8) is 0 Å². The lowest BCUT2D eigenvalue weighted by atomic mass is 10.1. The second kappa shape index (κ2) is 5.91. The highest BCUT2D eigenvalue weighted by Crippen LogP contribution is 2.43. The van der Waals surface area contributed by atoms with Crippen molar-refractivity contribution in [1.29, 1.82) is 0 Å². The fourth-order valence-electron chi connectivity index (χ4n) is 3.98. The van der Waals surface area contributed by atoms with Gasteiger partial charge in [0.25, 0.3) is 0 Å². The number of carboxylic acids is 1. The molecule has 0 amide bonds. The average Bonchev–Trinajstić information content (AvgIpc) is 3.40. The van der Waals surface area contributed by atoms with E-state index >= 15 is 8.78 Å². The van der Waals surface area contributed by atoms with Crippen molar-refractivity contribution in [3.8, 4) is 0 Å². The van der Waals surface area contributed by atoms with E-state index in [0.717, 1.165) is 6.20 Å². The lowest BCUT2D eigenvalue weighted by Crippen LogP contribution is -2.41. The first kappa shape index (κ1) is 17.7. The van der Waals surface area contributed by atoms with E-state index in [1.807, 2.05) is 6.92 Å². The van der Waals surface area contributed by atoms with E-state index in [0.29, 0.717) is 25.7 Å². The lowest BCUT2D eigenvalue weighted by Gasteiger charge is -2.30. The van der Waals surface area contributed by atoms with Gasteiger partial charge in [0.2, 0.25) is 5.43 Å². The van der Waals surface area contributed by atoms with Gasteiger partial charge in [-0.3, -0.25) is 4.79 Å².